The number of nitrogens with one attached hydrogen (secondary N) is 2. The van der Waals surface area contributed by atoms with Gasteiger partial charge in [0, 0.05) is 12.0 Å². The highest BCUT2D eigenvalue weighted by atomic mass is 16.5. The second-order valence-electron chi connectivity index (χ2n) is 5.23. The van der Waals surface area contributed by atoms with Crippen LogP contribution in [0.4, 0.5) is 5.95 Å². The predicted octanol–water partition coefficient (Wildman–Crippen LogP) is 1.35. The molecule has 3 rings (SSSR count). The van der Waals surface area contributed by atoms with E-state index in [0.29, 0.717) is 11.7 Å². The topological polar surface area (TPSA) is 110 Å². The highest BCUT2D eigenvalue weighted by Gasteiger charge is 2.23. The standard InChI is InChI=1S/C14H16N4O4/c1-8-5-10(19)11(6-21-8)22-7-12(20)15-14-16-13(17-18-14)9-3-2-4-9/h5-6,9H,2-4,7H2,1H3,(H2,15,16,17,18,20). The molecule has 0 spiro atoms. The number of anilines is 1. The summed E-state index contributed by atoms with van der Waals surface area (Å²) in [7, 11) is 0. The normalized spacial score (nSPS) is 14.4. The number of hydrogen-bond donors (Lipinski definition) is 2. The summed E-state index contributed by atoms with van der Waals surface area (Å²) in [5.74, 6) is 1.44. The van der Waals surface area contributed by atoms with E-state index >= 15 is 0 Å². The summed E-state index contributed by atoms with van der Waals surface area (Å²) in [6.45, 7) is 1.34. The Kier molecular flexibility index (Phi) is 3.90. The molecule has 0 bridgehead atoms. The van der Waals surface area contributed by atoms with Gasteiger partial charge >= 0.3 is 0 Å². The van der Waals surface area contributed by atoms with E-state index in [-0.39, 0.29) is 23.7 Å². The molecule has 8 heteroatoms. The smallest absolute Gasteiger partial charge is 0.264 e. The van der Waals surface area contributed by atoms with Crippen molar-refractivity contribution in [2.24, 2.45) is 0 Å². The first kappa shape index (κ1) is 14.3. The number of aryl methyl sites for hydroxylation is 1. The van der Waals surface area contributed by atoms with Crippen LogP contribution in [-0.4, -0.2) is 27.7 Å². The number of ether oxygens (including phenoxy) is 1. The van der Waals surface area contributed by atoms with Crippen LogP contribution in [0.2, 0.25) is 0 Å². The number of H-pyrrole nitrogens is 1. The number of carbonyl (C=O) groups excluding carboxylic acids is 1. The molecule has 1 saturated carbocycles. The molecule has 2 aromatic heterocycles. The Bertz CT molecular complexity index is 732. The quantitative estimate of drug-likeness (QED) is 0.862. The maximum Gasteiger partial charge on any atom is 0.264 e. The second-order valence-corrected chi connectivity index (χ2v) is 5.23. The fourth-order valence-corrected chi connectivity index (χ4v) is 2.10. The van der Waals surface area contributed by atoms with Gasteiger partial charge in [-0.05, 0) is 19.8 Å². The summed E-state index contributed by atoms with van der Waals surface area (Å²) in [5.41, 5.74) is -0.332. The second kappa shape index (κ2) is 6.00. The van der Waals surface area contributed by atoms with Gasteiger partial charge in [0.1, 0.15) is 17.8 Å². The molecule has 1 aliphatic rings. The summed E-state index contributed by atoms with van der Waals surface area (Å²) >= 11 is 0. The first-order chi connectivity index (χ1) is 10.6. The van der Waals surface area contributed by atoms with Crippen LogP contribution in [0.25, 0.3) is 0 Å². The third kappa shape index (κ3) is 3.16. The van der Waals surface area contributed by atoms with E-state index in [4.69, 9.17) is 9.15 Å². The van der Waals surface area contributed by atoms with Crippen molar-refractivity contribution in [3.8, 4) is 5.75 Å². The Labute approximate surface area is 125 Å². The number of amides is 1. The maximum atomic E-state index is 11.8. The minimum absolute atomic E-state index is 0.00843. The van der Waals surface area contributed by atoms with Crippen LogP contribution in [0.1, 0.15) is 36.8 Å². The van der Waals surface area contributed by atoms with Gasteiger partial charge in [0.25, 0.3) is 5.91 Å². The highest BCUT2D eigenvalue weighted by Crippen LogP contribution is 2.34. The minimum Gasteiger partial charge on any atom is -0.477 e. The Morgan fingerprint density at radius 2 is 2.36 bits per heavy atom. The lowest BCUT2D eigenvalue weighted by Gasteiger charge is -2.22. The zero-order chi connectivity index (χ0) is 15.5. The average Bonchev–Trinajstić information content (AvgIpc) is 2.83. The molecule has 0 aliphatic heterocycles. The lowest BCUT2D eigenvalue weighted by molar-refractivity contribution is -0.118. The van der Waals surface area contributed by atoms with Gasteiger partial charge in [-0.2, -0.15) is 4.98 Å². The van der Waals surface area contributed by atoms with E-state index in [0.717, 1.165) is 18.7 Å². The number of aromatic nitrogens is 3. The van der Waals surface area contributed by atoms with Gasteiger partial charge in [0.15, 0.2) is 6.61 Å². The van der Waals surface area contributed by atoms with Crippen LogP contribution < -0.4 is 15.5 Å². The largest absolute Gasteiger partial charge is 0.477 e. The van der Waals surface area contributed by atoms with Gasteiger partial charge in [-0.1, -0.05) is 6.42 Å². The van der Waals surface area contributed by atoms with E-state index in [1.807, 2.05) is 0 Å². The van der Waals surface area contributed by atoms with E-state index in [1.165, 1.54) is 18.8 Å². The first-order valence-electron chi connectivity index (χ1n) is 7.06. The molecule has 0 unspecified atom stereocenters. The molecule has 2 N–H and O–H groups in total. The molecule has 8 nitrogen and oxygen atoms in total. The molecule has 0 atom stereocenters. The number of nitrogens with zero attached hydrogens (tertiary/aromatic N) is 2. The Morgan fingerprint density at radius 3 is 3.05 bits per heavy atom. The molecular weight excluding hydrogens is 288 g/mol. The fraction of sp³-hybridized carbons (Fsp3) is 0.429. The molecule has 1 aliphatic carbocycles. The molecule has 0 saturated heterocycles. The Hall–Kier alpha value is -2.64. The zero-order valence-corrected chi connectivity index (χ0v) is 12.1. The first-order valence-corrected chi connectivity index (χ1v) is 7.06. The monoisotopic (exact) mass is 304 g/mol. The predicted molar refractivity (Wildman–Crippen MR) is 76.8 cm³/mol. The van der Waals surface area contributed by atoms with E-state index in [2.05, 4.69) is 20.5 Å². The lowest BCUT2D eigenvalue weighted by Crippen LogP contribution is -2.22. The molecule has 116 valence electrons. The summed E-state index contributed by atoms with van der Waals surface area (Å²) in [6.07, 6.45) is 4.57. The van der Waals surface area contributed by atoms with Gasteiger partial charge in [0.05, 0.1) is 0 Å². The summed E-state index contributed by atoms with van der Waals surface area (Å²) < 4.78 is 10.2. The third-order valence-electron chi connectivity index (χ3n) is 3.53. The molecular formula is C14H16N4O4. The van der Waals surface area contributed by atoms with Crippen molar-refractivity contribution in [2.75, 3.05) is 11.9 Å². The van der Waals surface area contributed by atoms with Crippen molar-refractivity contribution in [3.63, 3.8) is 0 Å². The number of aromatic amines is 1. The third-order valence-corrected chi connectivity index (χ3v) is 3.53. The van der Waals surface area contributed by atoms with Gasteiger partial charge in [-0.25, -0.2) is 0 Å². The van der Waals surface area contributed by atoms with Crippen molar-refractivity contribution in [1.82, 2.24) is 15.2 Å². The lowest BCUT2D eigenvalue weighted by atomic mass is 9.85. The molecule has 0 aromatic carbocycles. The summed E-state index contributed by atoms with van der Waals surface area (Å²) in [4.78, 5) is 27.6. The Morgan fingerprint density at radius 1 is 1.55 bits per heavy atom. The van der Waals surface area contributed by atoms with E-state index in [1.54, 1.807) is 6.92 Å². The minimum atomic E-state index is -0.445. The SMILES string of the molecule is Cc1cc(=O)c(OCC(=O)Nc2n[nH]c(C3CCC3)n2)co1. The van der Waals surface area contributed by atoms with Gasteiger partial charge in [-0.15, -0.1) is 5.10 Å². The number of carbonyl (C=O) groups is 1. The number of hydrogen-bond acceptors (Lipinski definition) is 6. The van der Waals surface area contributed by atoms with Gasteiger partial charge < -0.3 is 9.15 Å². The van der Waals surface area contributed by atoms with Gasteiger partial charge in [0.2, 0.25) is 17.1 Å². The molecule has 0 radical (unpaired) electrons. The van der Waals surface area contributed by atoms with Crippen molar-refractivity contribution in [3.05, 3.63) is 34.1 Å². The van der Waals surface area contributed by atoms with Crippen LogP contribution in [-0.2, 0) is 4.79 Å². The molecule has 1 amide bonds. The molecule has 2 heterocycles. The summed E-state index contributed by atoms with van der Waals surface area (Å²) in [5, 5.41) is 9.28. The van der Waals surface area contributed by atoms with Crippen LogP contribution in [0.3, 0.4) is 0 Å². The van der Waals surface area contributed by atoms with Gasteiger partial charge in [-0.3, -0.25) is 20.0 Å². The van der Waals surface area contributed by atoms with Crippen molar-refractivity contribution >= 4 is 11.9 Å². The number of rotatable bonds is 5. The Balaban J connectivity index is 1.53. The molecule has 2 aromatic rings. The molecule has 1 fully saturated rings. The van der Waals surface area contributed by atoms with Crippen LogP contribution >= 0.6 is 0 Å². The molecule has 22 heavy (non-hydrogen) atoms. The van der Waals surface area contributed by atoms with Crippen molar-refractivity contribution < 1.29 is 13.9 Å². The maximum absolute atomic E-state index is 11.8. The fourth-order valence-electron chi connectivity index (χ4n) is 2.10. The average molecular weight is 304 g/mol. The van der Waals surface area contributed by atoms with Crippen molar-refractivity contribution in [1.29, 1.82) is 0 Å². The van der Waals surface area contributed by atoms with Crippen LogP contribution in [0.15, 0.2) is 21.5 Å². The summed E-state index contributed by atoms with van der Waals surface area (Å²) in [6, 6.07) is 1.30. The van der Waals surface area contributed by atoms with Crippen molar-refractivity contribution in [2.45, 2.75) is 32.1 Å². The van der Waals surface area contributed by atoms with E-state index in [9.17, 15) is 9.59 Å². The van der Waals surface area contributed by atoms with Crippen LogP contribution in [0, 0.1) is 6.92 Å². The highest BCUT2D eigenvalue weighted by molar-refractivity contribution is 5.90. The van der Waals surface area contributed by atoms with Crippen LogP contribution in [0.5, 0.6) is 5.75 Å². The zero-order valence-electron chi connectivity index (χ0n) is 12.1. The van der Waals surface area contributed by atoms with E-state index < -0.39 is 5.91 Å².